The van der Waals surface area contributed by atoms with Gasteiger partial charge in [-0.15, -0.1) is 0 Å². The quantitative estimate of drug-likeness (QED) is 0.504. The average Bonchev–Trinajstić information content (AvgIpc) is 2.73. The topological polar surface area (TPSA) is 81.6 Å². The summed E-state index contributed by atoms with van der Waals surface area (Å²) >= 11 is 5.71. The van der Waals surface area contributed by atoms with Crippen molar-refractivity contribution in [3.05, 3.63) is 71.1 Å². The Morgan fingerprint density at radius 2 is 1.87 bits per heavy atom. The molecule has 158 valence electrons. The van der Waals surface area contributed by atoms with Gasteiger partial charge < -0.3 is 9.47 Å². The summed E-state index contributed by atoms with van der Waals surface area (Å²) in [5, 5.41) is -0.467. The highest BCUT2D eigenvalue weighted by Gasteiger charge is 2.29. The molecule has 1 aromatic carbocycles. The first-order chi connectivity index (χ1) is 14.3. The summed E-state index contributed by atoms with van der Waals surface area (Å²) in [7, 11) is -1.45. The smallest absolute Gasteiger partial charge is 0.267 e. The van der Waals surface area contributed by atoms with E-state index in [-0.39, 0.29) is 17.3 Å². The number of pyridine rings is 2. The van der Waals surface area contributed by atoms with Crippen molar-refractivity contribution in [3.63, 3.8) is 0 Å². The van der Waals surface area contributed by atoms with Crippen LogP contribution in [-0.4, -0.2) is 32.6 Å². The molecule has 0 saturated heterocycles. The maximum Gasteiger partial charge on any atom is 0.267 e. The van der Waals surface area contributed by atoms with E-state index in [9.17, 15) is 17.2 Å². The number of hydrogen-bond acceptors (Lipinski definition) is 6. The van der Waals surface area contributed by atoms with Crippen LogP contribution >= 0.6 is 11.6 Å². The molecule has 0 N–H and O–H groups in total. The number of nitrogens with zero attached hydrogens (tertiary/aromatic N) is 3. The van der Waals surface area contributed by atoms with Gasteiger partial charge in [0.05, 0.1) is 32.0 Å². The summed E-state index contributed by atoms with van der Waals surface area (Å²) in [5.74, 6) is -1.22. The third-order valence-corrected chi connectivity index (χ3v) is 6.10. The summed E-state index contributed by atoms with van der Waals surface area (Å²) in [6.07, 6.45) is 0.827. The second-order valence-electron chi connectivity index (χ2n) is 5.95. The highest BCUT2D eigenvalue weighted by molar-refractivity contribution is 7.92. The van der Waals surface area contributed by atoms with E-state index < -0.39 is 26.9 Å². The lowest BCUT2D eigenvalue weighted by atomic mass is 10.2. The van der Waals surface area contributed by atoms with Gasteiger partial charge in [-0.05, 0) is 30.3 Å². The zero-order valence-electron chi connectivity index (χ0n) is 15.8. The third-order valence-electron chi connectivity index (χ3n) is 4.12. The SMILES string of the molecule is COc1ccc(CN(c2cccc(F)n2)S(=O)(=O)c2cnc(F)c(Cl)c2)c(OC)c1. The Kier molecular flexibility index (Phi) is 6.37. The number of halogens is 3. The van der Waals surface area contributed by atoms with Crippen molar-refractivity contribution in [2.75, 3.05) is 18.5 Å². The van der Waals surface area contributed by atoms with E-state index in [0.29, 0.717) is 17.1 Å². The second-order valence-corrected chi connectivity index (χ2v) is 8.22. The van der Waals surface area contributed by atoms with Gasteiger partial charge in [0.2, 0.25) is 11.9 Å². The maximum absolute atomic E-state index is 13.8. The minimum Gasteiger partial charge on any atom is -0.497 e. The number of methoxy groups -OCH3 is 2. The van der Waals surface area contributed by atoms with Crippen molar-refractivity contribution in [3.8, 4) is 11.5 Å². The van der Waals surface area contributed by atoms with E-state index in [2.05, 4.69) is 9.97 Å². The molecular formula is C19H16ClF2N3O4S. The molecule has 0 atom stereocenters. The Labute approximate surface area is 176 Å². The molecule has 3 rings (SSSR count). The molecule has 7 nitrogen and oxygen atoms in total. The van der Waals surface area contributed by atoms with E-state index in [1.807, 2.05) is 0 Å². The molecule has 11 heteroatoms. The molecule has 0 fully saturated rings. The molecule has 0 bridgehead atoms. The van der Waals surface area contributed by atoms with Gasteiger partial charge in [0.1, 0.15) is 22.2 Å². The Morgan fingerprint density at radius 1 is 1.10 bits per heavy atom. The van der Waals surface area contributed by atoms with Gasteiger partial charge in [0, 0.05) is 11.6 Å². The Morgan fingerprint density at radius 3 is 2.50 bits per heavy atom. The summed E-state index contributed by atoms with van der Waals surface area (Å²) in [6.45, 7) is -0.263. The van der Waals surface area contributed by atoms with Crippen LogP contribution < -0.4 is 13.8 Å². The molecule has 0 saturated carbocycles. The Hall–Kier alpha value is -2.98. The molecular weight excluding hydrogens is 440 g/mol. The van der Waals surface area contributed by atoms with Crippen LogP contribution in [0.15, 0.2) is 53.6 Å². The summed E-state index contributed by atoms with van der Waals surface area (Å²) in [6, 6.07) is 9.47. The molecule has 2 aromatic heterocycles. The van der Waals surface area contributed by atoms with E-state index in [4.69, 9.17) is 21.1 Å². The van der Waals surface area contributed by atoms with Crippen LogP contribution in [0.4, 0.5) is 14.6 Å². The maximum atomic E-state index is 13.8. The van der Waals surface area contributed by atoms with E-state index in [1.165, 1.54) is 26.4 Å². The lowest BCUT2D eigenvalue weighted by Gasteiger charge is -2.24. The Bertz CT molecular complexity index is 1180. The normalized spacial score (nSPS) is 11.2. The number of anilines is 1. The Balaban J connectivity index is 2.13. The fourth-order valence-electron chi connectivity index (χ4n) is 2.63. The minimum atomic E-state index is -4.35. The molecule has 0 unspecified atom stereocenters. The molecule has 0 aliphatic heterocycles. The molecule has 0 amide bonds. The fourth-order valence-corrected chi connectivity index (χ4v) is 4.23. The number of ether oxygens (including phenoxy) is 2. The molecule has 0 aliphatic rings. The van der Waals surface area contributed by atoms with Crippen LogP contribution in [0.3, 0.4) is 0 Å². The number of benzene rings is 1. The zero-order valence-corrected chi connectivity index (χ0v) is 17.4. The van der Waals surface area contributed by atoms with E-state index >= 15 is 0 Å². The minimum absolute atomic E-state index is 0.187. The number of aromatic nitrogens is 2. The number of sulfonamides is 1. The van der Waals surface area contributed by atoms with Gasteiger partial charge in [-0.2, -0.15) is 8.78 Å². The van der Waals surface area contributed by atoms with Crippen LogP contribution in [-0.2, 0) is 16.6 Å². The van der Waals surface area contributed by atoms with Crippen LogP contribution in [0.25, 0.3) is 0 Å². The van der Waals surface area contributed by atoms with Crippen LogP contribution in [0.5, 0.6) is 11.5 Å². The first kappa shape index (κ1) is 21.7. The standard InChI is InChI=1S/C19H16ClF2N3O4S/c1-28-13-7-6-12(16(8-13)29-2)11-25(18-5-3-4-17(21)24-18)30(26,27)14-9-15(20)19(22)23-10-14/h3-10H,11H2,1-2H3. The molecule has 30 heavy (non-hydrogen) atoms. The van der Waals surface area contributed by atoms with Gasteiger partial charge in [-0.1, -0.05) is 17.7 Å². The summed E-state index contributed by atoms with van der Waals surface area (Å²) < 4.78 is 65.1. The second kappa shape index (κ2) is 8.80. The van der Waals surface area contributed by atoms with Crippen LogP contribution in [0.1, 0.15) is 5.56 Å². The van der Waals surface area contributed by atoms with Crippen LogP contribution in [0, 0.1) is 11.9 Å². The lowest BCUT2D eigenvalue weighted by Crippen LogP contribution is -2.32. The first-order valence-corrected chi connectivity index (χ1v) is 10.3. The monoisotopic (exact) mass is 455 g/mol. The van der Waals surface area contributed by atoms with Gasteiger partial charge >= 0.3 is 0 Å². The first-order valence-electron chi connectivity index (χ1n) is 8.43. The van der Waals surface area contributed by atoms with Gasteiger partial charge in [-0.3, -0.25) is 0 Å². The lowest BCUT2D eigenvalue weighted by molar-refractivity contribution is 0.391. The highest BCUT2D eigenvalue weighted by Crippen LogP contribution is 2.31. The molecule has 2 heterocycles. The van der Waals surface area contributed by atoms with Gasteiger partial charge in [0.15, 0.2) is 0 Å². The van der Waals surface area contributed by atoms with Crippen molar-refractivity contribution >= 4 is 27.4 Å². The van der Waals surface area contributed by atoms with Gasteiger partial charge in [0.25, 0.3) is 10.0 Å². The van der Waals surface area contributed by atoms with Crippen molar-refractivity contribution in [1.29, 1.82) is 0 Å². The fraction of sp³-hybridized carbons (Fsp3) is 0.158. The van der Waals surface area contributed by atoms with E-state index in [0.717, 1.165) is 22.6 Å². The third kappa shape index (κ3) is 4.44. The van der Waals surface area contributed by atoms with Gasteiger partial charge in [-0.25, -0.2) is 22.7 Å². The molecule has 0 aliphatic carbocycles. The average molecular weight is 456 g/mol. The van der Waals surface area contributed by atoms with Crippen LogP contribution in [0.2, 0.25) is 5.02 Å². The largest absolute Gasteiger partial charge is 0.497 e. The predicted molar refractivity (Wildman–Crippen MR) is 106 cm³/mol. The summed E-state index contributed by atoms with van der Waals surface area (Å²) in [5.41, 5.74) is 0.453. The van der Waals surface area contributed by atoms with Crippen molar-refractivity contribution < 1.29 is 26.7 Å². The number of rotatable bonds is 7. The van der Waals surface area contributed by atoms with Crippen molar-refractivity contribution in [2.24, 2.45) is 0 Å². The predicted octanol–water partition coefficient (Wildman–Crippen LogP) is 3.82. The highest BCUT2D eigenvalue weighted by atomic mass is 35.5. The molecule has 3 aromatic rings. The van der Waals surface area contributed by atoms with Crippen molar-refractivity contribution in [1.82, 2.24) is 9.97 Å². The zero-order chi connectivity index (χ0) is 21.9. The summed E-state index contributed by atoms with van der Waals surface area (Å²) in [4.78, 5) is 6.66. The molecule has 0 spiro atoms. The van der Waals surface area contributed by atoms with Crippen molar-refractivity contribution in [2.45, 2.75) is 11.4 Å². The number of hydrogen-bond donors (Lipinski definition) is 0. The van der Waals surface area contributed by atoms with E-state index in [1.54, 1.807) is 18.2 Å². The molecule has 0 radical (unpaired) electrons.